The van der Waals surface area contributed by atoms with Crippen LogP contribution in [0, 0.1) is 17.0 Å². The van der Waals surface area contributed by atoms with Gasteiger partial charge in [0.2, 0.25) is 11.8 Å². The summed E-state index contributed by atoms with van der Waals surface area (Å²) in [6.45, 7) is 0.476. The molecule has 0 aliphatic heterocycles. The van der Waals surface area contributed by atoms with Gasteiger partial charge < -0.3 is 15.0 Å². The Morgan fingerprint density at radius 2 is 1.65 bits per heavy atom. The number of aryl methyl sites for hydroxylation is 1. The molecule has 0 fully saturated rings. The molecule has 0 bridgehead atoms. The molecule has 15 heteroatoms. The molecule has 0 unspecified atom stereocenters. The van der Waals surface area contributed by atoms with Gasteiger partial charge in [0, 0.05) is 36.7 Å². The first-order valence-electron chi connectivity index (χ1n) is 14.4. The number of nitrogens with one attached hydrogen (secondary N) is 1. The number of benzene rings is 4. The maximum absolute atomic E-state index is 14.5. The van der Waals surface area contributed by atoms with Crippen molar-refractivity contribution in [1.29, 1.82) is 0 Å². The molecule has 0 radical (unpaired) electrons. The number of nitro groups is 1. The van der Waals surface area contributed by atoms with Crippen molar-refractivity contribution in [2.24, 2.45) is 0 Å². The monoisotopic (exact) mass is 732 g/mol. The van der Waals surface area contributed by atoms with E-state index in [1.54, 1.807) is 42.5 Å². The summed E-state index contributed by atoms with van der Waals surface area (Å²) in [4.78, 5) is 39.8. The van der Waals surface area contributed by atoms with Gasteiger partial charge in [-0.2, -0.15) is 0 Å². The first kappa shape index (κ1) is 36.5. The van der Waals surface area contributed by atoms with E-state index in [4.69, 9.17) is 39.5 Å². The van der Waals surface area contributed by atoms with Crippen LogP contribution in [0.3, 0.4) is 0 Å². The Hall–Kier alpha value is -4.36. The molecule has 4 aromatic carbocycles. The molecule has 0 aliphatic carbocycles. The van der Waals surface area contributed by atoms with Crippen LogP contribution in [0.15, 0.2) is 89.8 Å². The summed E-state index contributed by atoms with van der Waals surface area (Å²) in [6, 6.07) is 20.3. The molecule has 0 aliphatic rings. The lowest BCUT2D eigenvalue weighted by Gasteiger charge is -2.34. The van der Waals surface area contributed by atoms with Gasteiger partial charge in [-0.1, -0.05) is 77.3 Å². The molecule has 4 rings (SSSR count). The van der Waals surface area contributed by atoms with Crippen molar-refractivity contribution in [2.45, 2.75) is 30.8 Å². The van der Waals surface area contributed by atoms with Crippen LogP contribution in [-0.4, -0.2) is 56.8 Å². The van der Waals surface area contributed by atoms with Gasteiger partial charge in [0.15, 0.2) is 0 Å². The highest BCUT2D eigenvalue weighted by atomic mass is 35.5. The number of anilines is 1. The second kappa shape index (κ2) is 15.7. The van der Waals surface area contributed by atoms with Crippen molar-refractivity contribution in [2.75, 3.05) is 25.0 Å². The summed E-state index contributed by atoms with van der Waals surface area (Å²) in [5, 5.41) is 15.0. The molecule has 0 aromatic heterocycles. The fraction of sp³-hybridized carbons (Fsp3) is 0.212. The van der Waals surface area contributed by atoms with Crippen molar-refractivity contribution in [1.82, 2.24) is 10.2 Å². The van der Waals surface area contributed by atoms with Gasteiger partial charge in [0.05, 0.1) is 32.7 Å². The molecule has 4 aromatic rings. The number of amides is 2. The largest absolute Gasteiger partial charge is 0.495 e. The number of rotatable bonds is 13. The van der Waals surface area contributed by atoms with E-state index >= 15 is 0 Å². The minimum absolute atomic E-state index is 0.0561. The van der Waals surface area contributed by atoms with Crippen LogP contribution in [-0.2, 0) is 32.6 Å². The van der Waals surface area contributed by atoms with Gasteiger partial charge in [-0.15, -0.1) is 0 Å². The highest BCUT2D eigenvalue weighted by Gasteiger charge is 2.36. The van der Waals surface area contributed by atoms with Gasteiger partial charge in [0.1, 0.15) is 18.3 Å². The minimum atomic E-state index is -4.70. The van der Waals surface area contributed by atoms with Gasteiger partial charge in [-0.05, 0) is 54.4 Å². The van der Waals surface area contributed by atoms with Crippen LogP contribution in [0.2, 0.25) is 15.1 Å². The molecule has 0 heterocycles. The van der Waals surface area contributed by atoms with Crippen LogP contribution >= 0.6 is 34.8 Å². The number of hydrogen-bond acceptors (Lipinski definition) is 7. The number of carbonyl (C=O) groups is 2. The van der Waals surface area contributed by atoms with Crippen LogP contribution < -0.4 is 14.4 Å². The van der Waals surface area contributed by atoms with Crippen molar-refractivity contribution < 1.29 is 27.7 Å². The fourth-order valence-corrected chi connectivity index (χ4v) is 6.92. The third-order valence-electron chi connectivity index (χ3n) is 7.51. The SMILES string of the molecule is CNC(=O)[C@@H](Cc1ccccc1)N(Cc1ccc(Cl)c(Cl)c1)C(=O)CN(c1cc(Cl)ccc1OC)S(=O)(=O)c1ccc(C)c([N+](=O)[O-])c1. The summed E-state index contributed by atoms with van der Waals surface area (Å²) < 4.78 is 35.0. The average Bonchev–Trinajstić information content (AvgIpc) is 3.06. The summed E-state index contributed by atoms with van der Waals surface area (Å²) in [6.07, 6.45) is 0.0883. The quantitative estimate of drug-likeness (QED) is 0.123. The highest BCUT2D eigenvalue weighted by Crippen LogP contribution is 2.36. The molecule has 0 saturated carbocycles. The van der Waals surface area contributed by atoms with Crippen LogP contribution in [0.1, 0.15) is 16.7 Å². The Morgan fingerprint density at radius 3 is 2.27 bits per heavy atom. The smallest absolute Gasteiger partial charge is 0.273 e. The molecule has 1 N–H and O–H groups in total. The Morgan fingerprint density at radius 1 is 0.938 bits per heavy atom. The predicted molar refractivity (Wildman–Crippen MR) is 185 cm³/mol. The normalized spacial score (nSPS) is 11.8. The van der Waals surface area contributed by atoms with Crippen LogP contribution in [0.25, 0.3) is 0 Å². The summed E-state index contributed by atoms with van der Waals surface area (Å²) >= 11 is 18.7. The van der Waals surface area contributed by atoms with Crippen molar-refractivity contribution >= 4 is 68.0 Å². The lowest BCUT2D eigenvalue weighted by molar-refractivity contribution is -0.385. The summed E-state index contributed by atoms with van der Waals surface area (Å²) in [7, 11) is -1.95. The van der Waals surface area contributed by atoms with Gasteiger partial charge in [-0.3, -0.25) is 24.0 Å². The predicted octanol–water partition coefficient (Wildman–Crippen LogP) is 6.45. The lowest BCUT2D eigenvalue weighted by atomic mass is 10.0. The van der Waals surface area contributed by atoms with E-state index in [9.17, 15) is 28.1 Å². The second-order valence-corrected chi connectivity index (χ2v) is 13.7. The Kier molecular flexibility index (Phi) is 11.9. The number of nitrogens with zero attached hydrogens (tertiary/aromatic N) is 3. The number of halogens is 3. The Balaban J connectivity index is 1.89. The molecule has 0 saturated heterocycles. The van der Waals surface area contributed by atoms with Crippen molar-refractivity contribution in [3.8, 4) is 5.75 Å². The number of methoxy groups -OCH3 is 1. The maximum Gasteiger partial charge on any atom is 0.273 e. The van der Waals surface area contributed by atoms with E-state index in [0.29, 0.717) is 5.56 Å². The number of ether oxygens (including phenoxy) is 1. The van der Waals surface area contributed by atoms with E-state index in [-0.39, 0.29) is 45.0 Å². The van der Waals surface area contributed by atoms with Crippen molar-refractivity contribution in [3.05, 3.63) is 127 Å². The van der Waals surface area contributed by atoms with E-state index in [2.05, 4.69) is 5.32 Å². The summed E-state index contributed by atoms with van der Waals surface area (Å²) in [5.41, 5.74) is 0.971. The molecule has 48 heavy (non-hydrogen) atoms. The number of carbonyl (C=O) groups excluding carboxylic acids is 2. The molecular formula is C33H31Cl3N4O7S. The molecule has 252 valence electrons. The zero-order valence-corrected chi connectivity index (χ0v) is 29.1. The minimum Gasteiger partial charge on any atom is -0.495 e. The lowest BCUT2D eigenvalue weighted by Crippen LogP contribution is -2.53. The highest BCUT2D eigenvalue weighted by molar-refractivity contribution is 7.92. The zero-order chi connectivity index (χ0) is 35.2. The summed E-state index contributed by atoms with van der Waals surface area (Å²) in [5.74, 6) is -1.23. The molecule has 1 atom stereocenters. The van der Waals surface area contributed by atoms with Gasteiger partial charge in [-0.25, -0.2) is 8.42 Å². The third-order valence-corrected chi connectivity index (χ3v) is 10.2. The zero-order valence-electron chi connectivity index (χ0n) is 26.0. The Bertz CT molecular complexity index is 1950. The number of nitro benzene ring substituents is 1. The first-order chi connectivity index (χ1) is 22.8. The van der Waals surface area contributed by atoms with E-state index in [1.165, 1.54) is 56.3 Å². The first-order valence-corrected chi connectivity index (χ1v) is 16.9. The number of likely N-dealkylation sites (N-methyl/N-ethyl adjacent to an activating group) is 1. The Labute approximate surface area is 293 Å². The van der Waals surface area contributed by atoms with E-state index in [0.717, 1.165) is 15.9 Å². The average molecular weight is 734 g/mol. The third kappa shape index (κ3) is 8.37. The number of sulfonamides is 1. The standard InChI is InChI=1S/C33H31Cl3N4O7S/c1-21-9-12-25(18-28(21)40(43)44)48(45,46)39(29-17-24(34)11-14-31(29)47-3)20-32(41)38(19-23-10-13-26(35)27(36)15-23)30(33(42)37-2)16-22-7-5-4-6-8-22/h4-15,17-18,30H,16,19-20H2,1-3H3,(H,37,42)/t30-/m1/s1. The van der Waals surface area contributed by atoms with E-state index < -0.39 is 49.9 Å². The van der Waals surface area contributed by atoms with E-state index in [1.807, 2.05) is 6.07 Å². The van der Waals surface area contributed by atoms with Gasteiger partial charge >= 0.3 is 0 Å². The molecular weight excluding hydrogens is 703 g/mol. The van der Waals surface area contributed by atoms with Crippen LogP contribution in [0.4, 0.5) is 11.4 Å². The molecule has 11 nitrogen and oxygen atoms in total. The topological polar surface area (TPSA) is 139 Å². The number of hydrogen-bond donors (Lipinski definition) is 1. The van der Waals surface area contributed by atoms with Crippen LogP contribution in [0.5, 0.6) is 5.75 Å². The van der Waals surface area contributed by atoms with Gasteiger partial charge in [0.25, 0.3) is 15.7 Å². The second-order valence-electron chi connectivity index (χ2n) is 10.6. The van der Waals surface area contributed by atoms with Crippen molar-refractivity contribution in [3.63, 3.8) is 0 Å². The molecule has 2 amide bonds. The maximum atomic E-state index is 14.5. The fourth-order valence-electron chi connectivity index (χ4n) is 5.00. The molecule has 0 spiro atoms.